The SMILES string of the molecule is COc1ccc2c(c1)[C@@]13CCCC[C@@H]1[C@@H]([C@H]2O)N(C)CC3. The number of methoxy groups -OCH3 is 1. The number of nitrogens with zero attached hydrogens (tertiary/aromatic N) is 1. The third-order valence-corrected chi connectivity index (χ3v) is 6.37. The number of aliphatic hydroxyl groups excluding tert-OH is 1. The predicted octanol–water partition coefficient (Wildman–Crippen LogP) is 2.87. The maximum Gasteiger partial charge on any atom is 0.119 e. The Bertz CT molecular complexity index is 558. The topological polar surface area (TPSA) is 32.7 Å². The van der Waals surface area contributed by atoms with Gasteiger partial charge in [-0.1, -0.05) is 18.9 Å². The molecule has 3 aliphatic rings. The second-order valence-corrected chi connectivity index (χ2v) is 7.13. The van der Waals surface area contributed by atoms with Crippen molar-refractivity contribution >= 4 is 0 Å². The van der Waals surface area contributed by atoms with E-state index in [0.717, 1.165) is 17.9 Å². The minimum atomic E-state index is -0.354. The molecule has 1 heterocycles. The number of rotatable bonds is 1. The lowest BCUT2D eigenvalue weighted by Gasteiger charge is -2.59. The molecule has 0 unspecified atom stereocenters. The Labute approximate surface area is 126 Å². The summed E-state index contributed by atoms with van der Waals surface area (Å²) in [7, 11) is 3.91. The third kappa shape index (κ3) is 1.74. The first kappa shape index (κ1) is 13.6. The Morgan fingerprint density at radius 3 is 2.95 bits per heavy atom. The van der Waals surface area contributed by atoms with Gasteiger partial charge in [-0.2, -0.15) is 0 Å². The summed E-state index contributed by atoms with van der Waals surface area (Å²) < 4.78 is 5.46. The molecule has 0 spiro atoms. The molecule has 21 heavy (non-hydrogen) atoms. The van der Waals surface area contributed by atoms with Crippen LogP contribution in [0.15, 0.2) is 18.2 Å². The summed E-state index contributed by atoms with van der Waals surface area (Å²) in [5.74, 6) is 1.52. The summed E-state index contributed by atoms with van der Waals surface area (Å²) in [4.78, 5) is 2.39. The second-order valence-electron chi connectivity index (χ2n) is 7.13. The minimum Gasteiger partial charge on any atom is -0.497 e. The monoisotopic (exact) mass is 287 g/mol. The van der Waals surface area contributed by atoms with Crippen LogP contribution in [0.25, 0.3) is 0 Å². The average Bonchev–Trinajstić information content (AvgIpc) is 2.53. The Balaban J connectivity index is 1.92. The smallest absolute Gasteiger partial charge is 0.119 e. The molecule has 4 rings (SSSR count). The molecule has 0 aromatic heterocycles. The standard InChI is InChI=1S/C18H25NO2/c1-19-10-9-18-8-4-3-5-14(18)16(19)17(20)13-7-6-12(21-2)11-15(13)18/h6-7,11,14,16-17,20H,3-5,8-10H2,1-2H3/t14-,16+,17+,18-/m1/s1. The molecule has 2 aliphatic carbocycles. The molecule has 1 N–H and O–H groups in total. The number of ether oxygens (including phenoxy) is 1. The lowest BCUT2D eigenvalue weighted by Crippen LogP contribution is -2.61. The molecule has 3 heteroatoms. The lowest BCUT2D eigenvalue weighted by molar-refractivity contribution is -0.0680. The van der Waals surface area contributed by atoms with Gasteiger partial charge in [0.2, 0.25) is 0 Å². The molecule has 1 saturated carbocycles. The molecule has 2 bridgehead atoms. The van der Waals surface area contributed by atoms with E-state index in [0.29, 0.717) is 12.0 Å². The van der Waals surface area contributed by atoms with Gasteiger partial charge in [-0.25, -0.2) is 0 Å². The van der Waals surface area contributed by atoms with Crippen molar-refractivity contribution in [1.29, 1.82) is 0 Å². The number of likely N-dealkylation sites (tertiary alicyclic amines) is 1. The predicted molar refractivity (Wildman–Crippen MR) is 82.6 cm³/mol. The molecule has 0 radical (unpaired) electrons. The Morgan fingerprint density at radius 2 is 2.14 bits per heavy atom. The van der Waals surface area contributed by atoms with Gasteiger partial charge in [0.1, 0.15) is 5.75 Å². The zero-order chi connectivity index (χ0) is 14.6. The zero-order valence-corrected chi connectivity index (χ0v) is 13.0. The first-order valence-electron chi connectivity index (χ1n) is 8.24. The van der Waals surface area contributed by atoms with Crippen LogP contribution in [0.3, 0.4) is 0 Å². The van der Waals surface area contributed by atoms with Gasteiger partial charge in [0.25, 0.3) is 0 Å². The molecule has 0 amide bonds. The second kappa shape index (κ2) is 4.72. The number of aliphatic hydroxyl groups is 1. The van der Waals surface area contributed by atoms with Gasteiger partial charge in [-0.3, -0.25) is 0 Å². The van der Waals surface area contributed by atoms with E-state index in [2.05, 4.69) is 24.1 Å². The van der Waals surface area contributed by atoms with Crippen molar-refractivity contribution in [3.8, 4) is 5.75 Å². The van der Waals surface area contributed by atoms with Gasteiger partial charge in [0, 0.05) is 11.5 Å². The fourth-order valence-electron chi connectivity index (χ4n) is 5.37. The summed E-state index contributed by atoms with van der Waals surface area (Å²) in [5, 5.41) is 11.0. The van der Waals surface area contributed by atoms with Crippen molar-refractivity contribution in [1.82, 2.24) is 4.90 Å². The van der Waals surface area contributed by atoms with E-state index in [4.69, 9.17) is 4.74 Å². The molecular formula is C18H25NO2. The largest absolute Gasteiger partial charge is 0.497 e. The van der Waals surface area contributed by atoms with Crippen molar-refractivity contribution in [2.45, 2.75) is 49.7 Å². The number of fused-ring (bicyclic) bond motifs is 1. The van der Waals surface area contributed by atoms with E-state index in [9.17, 15) is 5.11 Å². The quantitative estimate of drug-likeness (QED) is 0.862. The lowest BCUT2D eigenvalue weighted by atomic mass is 9.52. The maximum absolute atomic E-state index is 11.0. The molecule has 4 atom stereocenters. The Morgan fingerprint density at radius 1 is 1.29 bits per heavy atom. The van der Waals surface area contributed by atoms with Crippen molar-refractivity contribution in [2.24, 2.45) is 5.92 Å². The highest BCUT2D eigenvalue weighted by Gasteiger charge is 2.56. The van der Waals surface area contributed by atoms with Gasteiger partial charge in [-0.05, 0) is 62.0 Å². The highest BCUT2D eigenvalue weighted by molar-refractivity contribution is 5.47. The number of hydrogen-bond donors (Lipinski definition) is 1. The molecular weight excluding hydrogens is 262 g/mol. The van der Waals surface area contributed by atoms with E-state index >= 15 is 0 Å². The van der Waals surface area contributed by atoms with Crippen LogP contribution in [-0.2, 0) is 5.41 Å². The van der Waals surface area contributed by atoms with Crippen LogP contribution in [-0.4, -0.2) is 36.8 Å². The summed E-state index contributed by atoms with van der Waals surface area (Å²) >= 11 is 0. The normalized spacial score (nSPS) is 38.5. The number of benzene rings is 1. The third-order valence-electron chi connectivity index (χ3n) is 6.37. The Kier molecular flexibility index (Phi) is 3.05. The van der Waals surface area contributed by atoms with Gasteiger partial charge < -0.3 is 14.7 Å². The van der Waals surface area contributed by atoms with Crippen LogP contribution in [0.1, 0.15) is 49.3 Å². The van der Waals surface area contributed by atoms with Gasteiger partial charge in [0.15, 0.2) is 0 Å². The van der Waals surface area contributed by atoms with Crippen LogP contribution >= 0.6 is 0 Å². The van der Waals surface area contributed by atoms with Gasteiger partial charge in [-0.15, -0.1) is 0 Å². The van der Waals surface area contributed by atoms with E-state index in [1.165, 1.54) is 37.7 Å². The average molecular weight is 287 g/mol. The number of hydrogen-bond acceptors (Lipinski definition) is 3. The van der Waals surface area contributed by atoms with E-state index in [-0.39, 0.29) is 11.5 Å². The number of piperidine rings is 1. The zero-order valence-electron chi connectivity index (χ0n) is 13.0. The summed E-state index contributed by atoms with van der Waals surface area (Å²) in [6.07, 6.45) is 6.02. The van der Waals surface area contributed by atoms with Gasteiger partial charge >= 0.3 is 0 Å². The molecule has 1 aromatic rings. The van der Waals surface area contributed by atoms with Crippen molar-refractivity contribution in [3.63, 3.8) is 0 Å². The molecule has 2 fully saturated rings. The summed E-state index contributed by atoms with van der Waals surface area (Å²) in [6, 6.07) is 6.59. The first-order chi connectivity index (χ1) is 10.2. The molecule has 1 aliphatic heterocycles. The van der Waals surface area contributed by atoms with Crippen molar-refractivity contribution in [3.05, 3.63) is 29.3 Å². The van der Waals surface area contributed by atoms with Crippen LogP contribution in [0, 0.1) is 5.92 Å². The summed E-state index contributed by atoms with van der Waals surface area (Å²) in [5.41, 5.74) is 2.80. The van der Waals surface area contributed by atoms with E-state index in [1.54, 1.807) is 7.11 Å². The highest BCUT2D eigenvalue weighted by Crippen LogP contribution is 2.58. The van der Waals surface area contributed by atoms with Crippen LogP contribution in [0.2, 0.25) is 0 Å². The van der Waals surface area contributed by atoms with E-state index in [1.807, 2.05) is 6.07 Å². The maximum atomic E-state index is 11.0. The minimum absolute atomic E-state index is 0.276. The summed E-state index contributed by atoms with van der Waals surface area (Å²) in [6.45, 7) is 1.09. The molecule has 1 saturated heterocycles. The molecule has 1 aromatic carbocycles. The van der Waals surface area contributed by atoms with Crippen molar-refractivity contribution in [2.75, 3.05) is 20.7 Å². The van der Waals surface area contributed by atoms with Crippen LogP contribution < -0.4 is 4.74 Å². The first-order valence-corrected chi connectivity index (χ1v) is 8.24. The fraction of sp³-hybridized carbons (Fsp3) is 0.667. The van der Waals surface area contributed by atoms with Crippen LogP contribution in [0.4, 0.5) is 0 Å². The van der Waals surface area contributed by atoms with Gasteiger partial charge in [0.05, 0.1) is 13.2 Å². The fourth-order valence-corrected chi connectivity index (χ4v) is 5.37. The number of likely N-dealkylation sites (N-methyl/N-ethyl adjacent to an activating group) is 1. The molecule has 3 nitrogen and oxygen atoms in total. The molecule has 114 valence electrons. The Hall–Kier alpha value is -1.06. The van der Waals surface area contributed by atoms with E-state index < -0.39 is 0 Å². The highest BCUT2D eigenvalue weighted by atomic mass is 16.5. The van der Waals surface area contributed by atoms with Crippen molar-refractivity contribution < 1.29 is 9.84 Å². The van der Waals surface area contributed by atoms with Crippen LogP contribution in [0.5, 0.6) is 5.75 Å².